The monoisotopic (exact) mass is 264 g/mol. The standard InChI is InChI=1S/C16H16N4/c1-10(18)15-14(9-19-16(20-15)13-6-7-13)12-4-2-11(8-17)3-5-12/h2-5,9-10,13H,6-7,18H2,1H3. The normalized spacial score (nSPS) is 15.7. The van der Waals surface area contributed by atoms with Crippen LogP contribution < -0.4 is 5.73 Å². The highest BCUT2D eigenvalue weighted by Gasteiger charge is 2.27. The van der Waals surface area contributed by atoms with E-state index in [9.17, 15) is 0 Å². The highest BCUT2D eigenvalue weighted by Crippen LogP contribution is 2.39. The average Bonchev–Trinajstić information content (AvgIpc) is 3.31. The Hall–Kier alpha value is -2.25. The molecular weight excluding hydrogens is 248 g/mol. The summed E-state index contributed by atoms with van der Waals surface area (Å²) >= 11 is 0. The van der Waals surface area contributed by atoms with E-state index in [0.717, 1.165) is 22.6 Å². The van der Waals surface area contributed by atoms with Crippen molar-refractivity contribution in [2.24, 2.45) is 5.73 Å². The summed E-state index contributed by atoms with van der Waals surface area (Å²) in [5.41, 5.74) is 9.53. The second-order valence-electron chi connectivity index (χ2n) is 5.28. The van der Waals surface area contributed by atoms with Gasteiger partial charge in [0.1, 0.15) is 5.82 Å². The van der Waals surface area contributed by atoms with Crippen LogP contribution in [0.1, 0.15) is 48.8 Å². The highest BCUT2D eigenvalue weighted by atomic mass is 14.9. The van der Waals surface area contributed by atoms with E-state index < -0.39 is 0 Å². The van der Waals surface area contributed by atoms with Crippen LogP contribution in [0.5, 0.6) is 0 Å². The van der Waals surface area contributed by atoms with Gasteiger partial charge < -0.3 is 5.73 Å². The maximum atomic E-state index is 8.85. The molecule has 0 aliphatic heterocycles. The van der Waals surface area contributed by atoms with Gasteiger partial charge in [-0.25, -0.2) is 9.97 Å². The van der Waals surface area contributed by atoms with Gasteiger partial charge in [0.25, 0.3) is 0 Å². The Labute approximate surface area is 118 Å². The van der Waals surface area contributed by atoms with Gasteiger partial charge >= 0.3 is 0 Å². The molecule has 100 valence electrons. The van der Waals surface area contributed by atoms with Crippen LogP contribution in [-0.2, 0) is 0 Å². The minimum atomic E-state index is -0.138. The molecule has 2 N–H and O–H groups in total. The van der Waals surface area contributed by atoms with Gasteiger partial charge in [-0.05, 0) is 37.5 Å². The molecule has 0 saturated heterocycles. The number of nitriles is 1. The third-order valence-corrected chi connectivity index (χ3v) is 3.54. The zero-order valence-corrected chi connectivity index (χ0v) is 11.4. The van der Waals surface area contributed by atoms with Gasteiger partial charge in [0, 0.05) is 23.7 Å². The van der Waals surface area contributed by atoms with E-state index >= 15 is 0 Å². The number of rotatable bonds is 3. The summed E-state index contributed by atoms with van der Waals surface area (Å²) in [6.45, 7) is 1.94. The first-order chi connectivity index (χ1) is 9.69. The largest absolute Gasteiger partial charge is 0.323 e. The molecule has 4 heteroatoms. The summed E-state index contributed by atoms with van der Waals surface area (Å²) in [5, 5.41) is 8.85. The van der Waals surface area contributed by atoms with Crippen LogP contribution in [0.25, 0.3) is 11.1 Å². The fourth-order valence-corrected chi connectivity index (χ4v) is 2.24. The van der Waals surface area contributed by atoms with Crippen LogP contribution in [0.3, 0.4) is 0 Å². The second-order valence-corrected chi connectivity index (χ2v) is 5.28. The number of hydrogen-bond donors (Lipinski definition) is 1. The average molecular weight is 264 g/mol. The van der Waals surface area contributed by atoms with Crippen molar-refractivity contribution in [3.63, 3.8) is 0 Å². The van der Waals surface area contributed by atoms with Gasteiger partial charge in [-0.1, -0.05) is 12.1 Å². The topological polar surface area (TPSA) is 75.6 Å². The minimum Gasteiger partial charge on any atom is -0.323 e. The molecule has 1 atom stereocenters. The molecule has 2 aromatic rings. The lowest BCUT2D eigenvalue weighted by atomic mass is 10.0. The quantitative estimate of drug-likeness (QED) is 0.924. The zero-order chi connectivity index (χ0) is 14.1. The van der Waals surface area contributed by atoms with E-state index in [-0.39, 0.29) is 6.04 Å². The Kier molecular flexibility index (Phi) is 3.21. The number of nitrogens with two attached hydrogens (primary N) is 1. The predicted molar refractivity (Wildman–Crippen MR) is 76.8 cm³/mol. The molecule has 4 nitrogen and oxygen atoms in total. The lowest BCUT2D eigenvalue weighted by Gasteiger charge is -2.13. The number of nitrogens with zero attached hydrogens (tertiary/aromatic N) is 3. The third-order valence-electron chi connectivity index (χ3n) is 3.54. The van der Waals surface area contributed by atoms with Crippen LogP contribution >= 0.6 is 0 Å². The van der Waals surface area contributed by atoms with Crippen LogP contribution in [0, 0.1) is 11.3 Å². The van der Waals surface area contributed by atoms with E-state index in [2.05, 4.69) is 16.0 Å². The lowest BCUT2D eigenvalue weighted by molar-refractivity contribution is 0.756. The Bertz CT molecular complexity index is 664. The number of hydrogen-bond acceptors (Lipinski definition) is 4. The first-order valence-electron chi connectivity index (χ1n) is 6.82. The summed E-state index contributed by atoms with van der Waals surface area (Å²) in [6, 6.07) is 9.42. The summed E-state index contributed by atoms with van der Waals surface area (Å²) in [5.74, 6) is 1.43. The van der Waals surface area contributed by atoms with E-state index in [4.69, 9.17) is 11.0 Å². The molecule has 1 aliphatic rings. The van der Waals surface area contributed by atoms with Gasteiger partial charge in [0.05, 0.1) is 17.3 Å². The Morgan fingerprint density at radius 3 is 2.55 bits per heavy atom. The van der Waals surface area contributed by atoms with Crippen molar-refractivity contribution in [1.82, 2.24) is 9.97 Å². The van der Waals surface area contributed by atoms with Crippen molar-refractivity contribution >= 4 is 0 Å². The van der Waals surface area contributed by atoms with Crippen molar-refractivity contribution in [1.29, 1.82) is 5.26 Å². The molecule has 1 heterocycles. The molecule has 0 spiro atoms. The Morgan fingerprint density at radius 2 is 2.00 bits per heavy atom. The van der Waals surface area contributed by atoms with Gasteiger partial charge in [0.15, 0.2) is 0 Å². The van der Waals surface area contributed by atoms with Crippen LogP contribution in [0.2, 0.25) is 0 Å². The van der Waals surface area contributed by atoms with Gasteiger partial charge in [-0.15, -0.1) is 0 Å². The third kappa shape index (κ3) is 2.40. The van der Waals surface area contributed by atoms with Crippen molar-refractivity contribution in [3.05, 3.63) is 47.5 Å². The molecule has 1 fully saturated rings. The second kappa shape index (κ2) is 5.03. The maximum absolute atomic E-state index is 8.85. The summed E-state index contributed by atoms with van der Waals surface area (Å²) in [6.07, 6.45) is 4.21. The zero-order valence-electron chi connectivity index (χ0n) is 11.4. The molecule has 0 radical (unpaired) electrons. The molecule has 1 saturated carbocycles. The van der Waals surface area contributed by atoms with Crippen molar-refractivity contribution in [2.75, 3.05) is 0 Å². The highest BCUT2D eigenvalue weighted by molar-refractivity contribution is 5.66. The summed E-state index contributed by atoms with van der Waals surface area (Å²) < 4.78 is 0. The molecule has 1 aromatic heterocycles. The SMILES string of the molecule is CC(N)c1nc(C2CC2)ncc1-c1ccc(C#N)cc1. The number of benzene rings is 1. The van der Waals surface area contributed by atoms with E-state index in [1.165, 1.54) is 12.8 Å². The number of aromatic nitrogens is 2. The van der Waals surface area contributed by atoms with Crippen LogP contribution in [0.4, 0.5) is 0 Å². The summed E-state index contributed by atoms with van der Waals surface area (Å²) in [4.78, 5) is 9.12. The molecule has 20 heavy (non-hydrogen) atoms. The lowest BCUT2D eigenvalue weighted by Crippen LogP contribution is -2.11. The molecular formula is C16H16N4. The van der Waals surface area contributed by atoms with Crippen molar-refractivity contribution < 1.29 is 0 Å². The van der Waals surface area contributed by atoms with Crippen LogP contribution in [0.15, 0.2) is 30.5 Å². The molecule has 1 unspecified atom stereocenters. The van der Waals surface area contributed by atoms with E-state index in [1.54, 1.807) is 12.1 Å². The predicted octanol–water partition coefficient (Wildman–Crippen LogP) is 2.91. The summed E-state index contributed by atoms with van der Waals surface area (Å²) in [7, 11) is 0. The molecule has 1 aromatic carbocycles. The molecule has 3 rings (SSSR count). The van der Waals surface area contributed by atoms with Crippen LogP contribution in [-0.4, -0.2) is 9.97 Å². The Balaban J connectivity index is 2.04. The minimum absolute atomic E-state index is 0.138. The maximum Gasteiger partial charge on any atom is 0.131 e. The van der Waals surface area contributed by atoms with E-state index in [0.29, 0.717) is 11.5 Å². The first-order valence-corrected chi connectivity index (χ1v) is 6.82. The molecule has 1 aliphatic carbocycles. The van der Waals surface area contributed by atoms with Crippen molar-refractivity contribution in [3.8, 4) is 17.2 Å². The van der Waals surface area contributed by atoms with Gasteiger partial charge in [-0.3, -0.25) is 0 Å². The fourth-order valence-electron chi connectivity index (χ4n) is 2.24. The van der Waals surface area contributed by atoms with E-state index in [1.807, 2.05) is 25.3 Å². The fraction of sp³-hybridized carbons (Fsp3) is 0.312. The smallest absolute Gasteiger partial charge is 0.131 e. The molecule has 0 amide bonds. The van der Waals surface area contributed by atoms with Crippen molar-refractivity contribution in [2.45, 2.75) is 31.7 Å². The van der Waals surface area contributed by atoms with Gasteiger partial charge in [-0.2, -0.15) is 5.26 Å². The molecule has 0 bridgehead atoms. The Morgan fingerprint density at radius 1 is 1.30 bits per heavy atom. The van der Waals surface area contributed by atoms with Gasteiger partial charge in [0.2, 0.25) is 0 Å². The first kappa shape index (κ1) is 12.8.